The summed E-state index contributed by atoms with van der Waals surface area (Å²) < 4.78 is 5.64. The standard InChI is InChI=1S/C21H15NO2/c23-21(20-14-16-10-4-7-13-19(16)24-20)22-18-12-6-5-11-17(18)15-8-2-1-3-9-15/h1-14H,(H,22,23). The molecule has 4 rings (SSSR count). The maximum atomic E-state index is 12.6. The molecular weight excluding hydrogens is 298 g/mol. The fourth-order valence-corrected chi connectivity index (χ4v) is 2.74. The minimum absolute atomic E-state index is 0.255. The van der Waals surface area contributed by atoms with Gasteiger partial charge >= 0.3 is 0 Å². The molecule has 0 radical (unpaired) electrons. The molecule has 0 aliphatic heterocycles. The second-order valence-electron chi connectivity index (χ2n) is 5.51. The van der Waals surface area contributed by atoms with Gasteiger partial charge in [0.05, 0.1) is 0 Å². The lowest BCUT2D eigenvalue weighted by Crippen LogP contribution is -2.11. The number of furan rings is 1. The zero-order valence-corrected chi connectivity index (χ0v) is 12.9. The topological polar surface area (TPSA) is 42.2 Å². The Morgan fingerprint density at radius 3 is 2.33 bits per heavy atom. The molecule has 0 atom stereocenters. The van der Waals surface area contributed by atoms with Crippen LogP contribution in [0.25, 0.3) is 22.1 Å². The van der Waals surface area contributed by atoms with Crippen LogP contribution < -0.4 is 5.32 Å². The molecule has 0 spiro atoms. The van der Waals surface area contributed by atoms with Crippen LogP contribution in [0.2, 0.25) is 0 Å². The van der Waals surface area contributed by atoms with Crippen molar-refractivity contribution >= 4 is 22.6 Å². The normalized spacial score (nSPS) is 10.7. The zero-order valence-electron chi connectivity index (χ0n) is 12.9. The van der Waals surface area contributed by atoms with Crippen molar-refractivity contribution in [1.29, 1.82) is 0 Å². The lowest BCUT2D eigenvalue weighted by Gasteiger charge is -2.10. The number of carbonyl (C=O) groups excluding carboxylic acids is 1. The van der Waals surface area contributed by atoms with Crippen molar-refractivity contribution < 1.29 is 9.21 Å². The van der Waals surface area contributed by atoms with Crippen LogP contribution in [0.1, 0.15) is 10.6 Å². The number of amides is 1. The molecule has 116 valence electrons. The molecule has 0 fully saturated rings. The van der Waals surface area contributed by atoms with Gasteiger partial charge in [0.15, 0.2) is 5.76 Å². The van der Waals surface area contributed by atoms with Crippen LogP contribution in [-0.2, 0) is 0 Å². The van der Waals surface area contributed by atoms with E-state index in [9.17, 15) is 4.79 Å². The van der Waals surface area contributed by atoms with Crippen LogP contribution in [0, 0.1) is 0 Å². The summed E-state index contributed by atoms with van der Waals surface area (Å²) in [4.78, 5) is 12.6. The predicted molar refractivity (Wildman–Crippen MR) is 96.0 cm³/mol. The first-order valence-corrected chi connectivity index (χ1v) is 7.76. The van der Waals surface area contributed by atoms with E-state index in [-0.39, 0.29) is 5.91 Å². The van der Waals surface area contributed by atoms with Crippen molar-refractivity contribution in [3.05, 3.63) is 90.7 Å². The van der Waals surface area contributed by atoms with E-state index in [1.54, 1.807) is 6.07 Å². The highest BCUT2D eigenvalue weighted by Crippen LogP contribution is 2.28. The van der Waals surface area contributed by atoms with Crippen molar-refractivity contribution in [2.45, 2.75) is 0 Å². The molecule has 4 aromatic rings. The fraction of sp³-hybridized carbons (Fsp3) is 0. The lowest BCUT2D eigenvalue weighted by molar-refractivity contribution is 0.0999. The molecule has 24 heavy (non-hydrogen) atoms. The smallest absolute Gasteiger partial charge is 0.291 e. The highest BCUT2D eigenvalue weighted by molar-refractivity contribution is 6.06. The average Bonchev–Trinajstić information content (AvgIpc) is 3.07. The minimum Gasteiger partial charge on any atom is -0.451 e. The first-order valence-electron chi connectivity index (χ1n) is 7.76. The van der Waals surface area contributed by atoms with Gasteiger partial charge < -0.3 is 9.73 Å². The number of hydrogen-bond acceptors (Lipinski definition) is 2. The Hall–Kier alpha value is -3.33. The van der Waals surface area contributed by atoms with Gasteiger partial charge in [-0.1, -0.05) is 66.7 Å². The number of benzene rings is 3. The molecule has 0 aliphatic carbocycles. The van der Waals surface area contributed by atoms with Gasteiger partial charge in [0, 0.05) is 16.6 Å². The molecule has 0 bridgehead atoms. The maximum absolute atomic E-state index is 12.6. The molecule has 0 unspecified atom stereocenters. The summed E-state index contributed by atoms with van der Waals surface area (Å²) in [6, 6.07) is 27.1. The van der Waals surface area contributed by atoms with Crippen molar-refractivity contribution in [2.24, 2.45) is 0 Å². The van der Waals surface area contributed by atoms with E-state index >= 15 is 0 Å². The summed E-state index contributed by atoms with van der Waals surface area (Å²) in [6.45, 7) is 0. The summed E-state index contributed by atoms with van der Waals surface area (Å²) in [5.41, 5.74) is 3.49. The van der Waals surface area contributed by atoms with Gasteiger partial charge in [-0.25, -0.2) is 0 Å². The fourth-order valence-electron chi connectivity index (χ4n) is 2.74. The second-order valence-corrected chi connectivity index (χ2v) is 5.51. The van der Waals surface area contributed by atoms with Gasteiger partial charge in [0.2, 0.25) is 0 Å². The van der Waals surface area contributed by atoms with Gasteiger partial charge in [-0.3, -0.25) is 4.79 Å². The summed E-state index contributed by atoms with van der Waals surface area (Å²) in [6.07, 6.45) is 0. The van der Waals surface area contributed by atoms with Crippen LogP contribution in [0.5, 0.6) is 0 Å². The SMILES string of the molecule is O=C(Nc1ccccc1-c1ccccc1)c1cc2ccccc2o1. The molecule has 1 N–H and O–H groups in total. The van der Waals surface area contributed by atoms with Gasteiger partial charge in [-0.05, 0) is 23.8 Å². The molecule has 1 amide bonds. The number of rotatable bonds is 3. The van der Waals surface area contributed by atoms with Crippen LogP contribution in [-0.4, -0.2) is 5.91 Å². The molecular formula is C21H15NO2. The molecule has 3 heteroatoms. The van der Waals surface area contributed by atoms with Crippen LogP contribution in [0.4, 0.5) is 5.69 Å². The Bertz CT molecular complexity index is 969. The Balaban J connectivity index is 1.67. The summed E-state index contributed by atoms with van der Waals surface area (Å²) in [7, 11) is 0. The maximum Gasteiger partial charge on any atom is 0.291 e. The Kier molecular flexibility index (Phi) is 3.60. The third-order valence-electron chi connectivity index (χ3n) is 3.91. The van der Waals surface area contributed by atoms with E-state index in [0.29, 0.717) is 11.3 Å². The number of fused-ring (bicyclic) bond motifs is 1. The van der Waals surface area contributed by atoms with Crippen molar-refractivity contribution in [1.82, 2.24) is 0 Å². The van der Waals surface area contributed by atoms with E-state index in [2.05, 4.69) is 5.32 Å². The van der Waals surface area contributed by atoms with Crippen LogP contribution in [0.3, 0.4) is 0 Å². The lowest BCUT2D eigenvalue weighted by atomic mass is 10.0. The molecule has 1 heterocycles. The second kappa shape index (κ2) is 6.05. The predicted octanol–water partition coefficient (Wildman–Crippen LogP) is 5.35. The van der Waals surface area contributed by atoms with Crippen LogP contribution in [0.15, 0.2) is 89.3 Å². The number of nitrogens with one attached hydrogen (secondary N) is 1. The van der Waals surface area contributed by atoms with Gasteiger partial charge in [-0.15, -0.1) is 0 Å². The molecule has 1 aromatic heterocycles. The first-order chi connectivity index (χ1) is 11.8. The third-order valence-corrected chi connectivity index (χ3v) is 3.91. The quantitative estimate of drug-likeness (QED) is 0.554. The third kappa shape index (κ3) is 2.68. The van der Waals surface area contributed by atoms with E-state index in [4.69, 9.17) is 4.42 Å². The molecule has 0 saturated heterocycles. The van der Waals surface area contributed by atoms with Gasteiger partial charge in [-0.2, -0.15) is 0 Å². The van der Waals surface area contributed by atoms with Crippen molar-refractivity contribution in [3.63, 3.8) is 0 Å². The van der Waals surface area contributed by atoms with E-state index in [1.807, 2.05) is 78.9 Å². The number of carbonyl (C=O) groups is 1. The van der Waals surface area contributed by atoms with Crippen LogP contribution >= 0.6 is 0 Å². The van der Waals surface area contributed by atoms with E-state index in [0.717, 1.165) is 22.2 Å². The zero-order chi connectivity index (χ0) is 16.4. The highest BCUT2D eigenvalue weighted by Gasteiger charge is 2.14. The first kappa shape index (κ1) is 14.3. The minimum atomic E-state index is -0.255. The highest BCUT2D eigenvalue weighted by atomic mass is 16.3. The Morgan fingerprint density at radius 1 is 0.792 bits per heavy atom. The molecule has 0 aliphatic rings. The Morgan fingerprint density at radius 2 is 1.50 bits per heavy atom. The monoisotopic (exact) mass is 313 g/mol. The summed E-state index contributed by atoms with van der Waals surface area (Å²) in [5.74, 6) is 0.0497. The largest absolute Gasteiger partial charge is 0.451 e. The molecule has 3 nitrogen and oxygen atoms in total. The van der Waals surface area contributed by atoms with Crippen molar-refractivity contribution in [3.8, 4) is 11.1 Å². The molecule has 0 saturated carbocycles. The van der Waals surface area contributed by atoms with Gasteiger partial charge in [0.1, 0.15) is 5.58 Å². The number of anilines is 1. The molecule has 3 aromatic carbocycles. The average molecular weight is 313 g/mol. The van der Waals surface area contributed by atoms with Crippen molar-refractivity contribution in [2.75, 3.05) is 5.32 Å². The van der Waals surface area contributed by atoms with E-state index < -0.39 is 0 Å². The summed E-state index contributed by atoms with van der Waals surface area (Å²) in [5, 5.41) is 3.87. The number of hydrogen-bond donors (Lipinski definition) is 1. The number of para-hydroxylation sites is 2. The summed E-state index contributed by atoms with van der Waals surface area (Å²) >= 11 is 0. The van der Waals surface area contributed by atoms with Gasteiger partial charge in [0.25, 0.3) is 5.91 Å². The van der Waals surface area contributed by atoms with E-state index in [1.165, 1.54) is 0 Å². The Labute approximate surface area is 139 Å².